The summed E-state index contributed by atoms with van der Waals surface area (Å²) in [5.74, 6) is 0. The van der Waals surface area contributed by atoms with Crippen molar-refractivity contribution >= 4 is 30.6 Å². The van der Waals surface area contributed by atoms with Gasteiger partial charge in [-0.1, -0.05) is 11.6 Å². The third-order valence-corrected chi connectivity index (χ3v) is 4.82. The number of phosphoric ester groups is 1. The normalized spacial score (nSPS) is 38.3. The maximum Gasteiger partial charge on any atom is 0.472 e. The summed E-state index contributed by atoms with van der Waals surface area (Å²) in [5.41, 5.74) is 0.732. The number of aliphatic hydroxyl groups excluding tert-OH is 1. The first-order valence-corrected chi connectivity index (χ1v) is 8.16. The van der Waals surface area contributed by atoms with Gasteiger partial charge in [-0.05, 0) is 0 Å². The van der Waals surface area contributed by atoms with Crippen molar-refractivity contribution in [3.8, 4) is 0 Å². The van der Waals surface area contributed by atoms with Crippen LogP contribution in [0.15, 0.2) is 12.7 Å². The molecule has 1 unspecified atom stereocenters. The van der Waals surface area contributed by atoms with Crippen molar-refractivity contribution in [1.29, 1.82) is 0 Å². The summed E-state index contributed by atoms with van der Waals surface area (Å²) >= 11 is 5.93. The molecule has 4 heterocycles. The molecule has 0 radical (unpaired) electrons. The fraction of sp³-hybridized carbons (Fsp3) is 0.500. The molecule has 2 N–H and O–H groups in total. The van der Waals surface area contributed by atoms with Crippen LogP contribution in [0.5, 0.6) is 0 Å². The molecule has 5 atom stereocenters. The molecule has 0 bridgehead atoms. The Morgan fingerprint density at radius 1 is 1.41 bits per heavy atom. The number of ether oxygens (including phenoxy) is 1. The zero-order chi connectivity index (χ0) is 15.5. The molecule has 10 nitrogen and oxygen atoms in total. The second-order valence-electron chi connectivity index (χ2n) is 4.88. The van der Waals surface area contributed by atoms with Gasteiger partial charge in [-0.25, -0.2) is 19.5 Å². The van der Waals surface area contributed by atoms with Crippen molar-refractivity contribution in [2.24, 2.45) is 0 Å². The topological polar surface area (TPSA) is 129 Å². The molecule has 118 valence electrons. The minimum Gasteiger partial charge on any atom is -0.386 e. The Hall–Kier alpha value is -1.13. The van der Waals surface area contributed by atoms with Crippen LogP contribution in [0.25, 0.3) is 11.2 Å². The lowest BCUT2D eigenvalue weighted by atomic mass is 10.1. The third-order valence-electron chi connectivity index (χ3n) is 3.55. The zero-order valence-electron chi connectivity index (χ0n) is 10.8. The van der Waals surface area contributed by atoms with Gasteiger partial charge in [0.15, 0.2) is 17.0 Å². The molecule has 0 saturated carbocycles. The minimum atomic E-state index is -4.16. The van der Waals surface area contributed by atoms with E-state index in [1.54, 1.807) is 0 Å². The van der Waals surface area contributed by atoms with Crippen LogP contribution in [0.3, 0.4) is 0 Å². The maximum atomic E-state index is 11.5. The van der Waals surface area contributed by atoms with E-state index in [0.717, 1.165) is 0 Å². The number of nitrogens with zero attached hydrogens (tertiary/aromatic N) is 4. The minimum absolute atomic E-state index is 0.158. The maximum absolute atomic E-state index is 11.5. The van der Waals surface area contributed by atoms with Crippen molar-refractivity contribution in [2.45, 2.75) is 24.5 Å². The van der Waals surface area contributed by atoms with E-state index in [1.165, 1.54) is 17.2 Å². The zero-order valence-corrected chi connectivity index (χ0v) is 12.5. The predicted octanol–water partition coefficient (Wildman–Crippen LogP) is 0.254. The van der Waals surface area contributed by atoms with E-state index in [0.29, 0.717) is 11.2 Å². The molecule has 2 aromatic rings. The first-order valence-electron chi connectivity index (χ1n) is 6.28. The number of halogens is 1. The highest BCUT2D eigenvalue weighted by atomic mass is 35.5. The molecule has 0 amide bonds. The summed E-state index contributed by atoms with van der Waals surface area (Å²) in [5, 5.41) is 10.5. The summed E-state index contributed by atoms with van der Waals surface area (Å²) in [6.45, 7) is -0.158. The number of aliphatic hydroxyl groups is 1. The Morgan fingerprint density at radius 2 is 2.23 bits per heavy atom. The SMILES string of the molecule is O=P1(O)OC[C@H]2O[C@@H](n3cnc4c(Cl)ncnc43)[C@H](O)[C@@H]2O1. The van der Waals surface area contributed by atoms with Gasteiger partial charge in [0.05, 0.1) is 12.9 Å². The molecular weight excluding hydrogens is 339 g/mol. The summed E-state index contributed by atoms with van der Waals surface area (Å²) in [7, 11) is -4.16. The average molecular weight is 349 g/mol. The molecule has 2 fully saturated rings. The Kier molecular flexibility index (Phi) is 3.24. The third kappa shape index (κ3) is 2.16. The van der Waals surface area contributed by atoms with Crippen LogP contribution >= 0.6 is 19.4 Å². The van der Waals surface area contributed by atoms with Crippen LogP contribution in [0.2, 0.25) is 5.15 Å². The van der Waals surface area contributed by atoms with Crippen LogP contribution in [0, 0.1) is 0 Å². The van der Waals surface area contributed by atoms with E-state index in [2.05, 4.69) is 19.5 Å². The molecule has 0 spiro atoms. The molecular formula is C10H10ClN4O6P. The fourth-order valence-electron chi connectivity index (χ4n) is 2.58. The second-order valence-corrected chi connectivity index (χ2v) is 6.64. The van der Waals surface area contributed by atoms with Gasteiger partial charge in [0.25, 0.3) is 0 Å². The molecule has 2 aromatic heterocycles. The molecule has 0 aromatic carbocycles. The van der Waals surface area contributed by atoms with Crippen LogP contribution in [-0.4, -0.2) is 54.4 Å². The standard InChI is InChI=1S/C10H10ClN4O6P/c11-8-5-9(13-2-12-8)15(3-14-5)10-6(16)7-4(20-10)1-19-22(17,18)21-7/h2-4,6-7,10,16H,1H2,(H,17,18)/t4-,6-,7-,10-/m1/s1. The van der Waals surface area contributed by atoms with Crippen molar-refractivity contribution in [2.75, 3.05) is 6.61 Å². The fourth-order valence-corrected chi connectivity index (χ4v) is 3.72. The van der Waals surface area contributed by atoms with Crippen molar-refractivity contribution in [3.63, 3.8) is 0 Å². The lowest BCUT2D eigenvalue weighted by Crippen LogP contribution is -2.39. The summed E-state index contributed by atoms with van der Waals surface area (Å²) in [4.78, 5) is 21.3. The molecule has 0 aliphatic carbocycles. The Bertz CT molecular complexity index is 786. The summed E-state index contributed by atoms with van der Waals surface area (Å²) in [6, 6.07) is 0. The number of hydrogen-bond donors (Lipinski definition) is 2. The Morgan fingerprint density at radius 3 is 3.05 bits per heavy atom. The van der Waals surface area contributed by atoms with Gasteiger partial charge in [0.2, 0.25) is 0 Å². The van der Waals surface area contributed by atoms with E-state index in [-0.39, 0.29) is 11.8 Å². The highest BCUT2D eigenvalue weighted by molar-refractivity contribution is 7.47. The lowest BCUT2D eigenvalue weighted by Gasteiger charge is -2.27. The van der Waals surface area contributed by atoms with Gasteiger partial charge < -0.3 is 14.7 Å². The van der Waals surface area contributed by atoms with Crippen LogP contribution in [0.1, 0.15) is 6.23 Å². The van der Waals surface area contributed by atoms with Crippen LogP contribution in [-0.2, 0) is 18.3 Å². The summed E-state index contributed by atoms with van der Waals surface area (Å²) < 4.78 is 28.2. The van der Waals surface area contributed by atoms with Gasteiger partial charge in [0, 0.05) is 0 Å². The lowest BCUT2D eigenvalue weighted by molar-refractivity contribution is -0.0664. The molecule has 2 aliphatic rings. The van der Waals surface area contributed by atoms with E-state index in [9.17, 15) is 14.6 Å². The first kappa shape index (κ1) is 14.5. The quantitative estimate of drug-likeness (QED) is 0.550. The number of fused-ring (bicyclic) bond motifs is 2. The van der Waals surface area contributed by atoms with Crippen molar-refractivity contribution in [1.82, 2.24) is 19.5 Å². The predicted molar refractivity (Wildman–Crippen MR) is 70.9 cm³/mol. The van der Waals surface area contributed by atoms with Gasteiger partial charge >= 0.3 is 7.82 Å². The van der Waals surface area contributed by atoms with Crippen LogP contribution < -0.4 is 0 Å². The highest BCUT2D eigenvalue weighted by Crippen LogP contribution is 2.52. The number of phosphoric acid groups is 1. The average Bonchev–Trinajstić information content (AvgIpc) is 3.01. The largest absolute Gasteiger partial charge is 0.472 e. The number of aromatic nitrogens is 4. The molecule has 12 heteroatoms. The van der Waals surface area contributed by atoms with E-state index < -0.39 is 32.4 Å². The van der Waals surface area contributed by atoms with Gasteiger partial charge in [-0.15, -0.1) is 0 Å². The first-order chi connectivity index (χ1) is 10.5. The molecule has 22 heavy (non-hydrogen) atoms. The smallest absolute Gasteiger partial charge is 0.386 e. The van der Waals surface area contributed by atoms with E-state index in [4.69, 9.17) is 20.9 Å². The van der Waals surface area contributed by atoms with Gasteiger partial charge in [0.1, 0.15) is 30.2 Å². The van der Waals surface area contributed by atoms with Crippen molar-refractivity contribution < 1.29 is 28.3 Å². The second kappa shape index (κ2) is 4.93. The van der Waals surface area contributed by atoms with E-state index >= 15 is 0 Å². The number of imidazole rings is 1. The summed E-state index contributed by atoms with van der Waals surface area (Å²) in [6.07, 6.45) is -1.09. The molecule has 2 aliphatic heterocycles. The number of rotatable bonds is 1. The van der Waals surface area contributed by atoms with Gasteiger partial charge in [-0.3, -0.25) is 13.6 Å². The highest BCUT2D eigenvalue weighted by Gasteiger charge is 2.52. The Balaban J connectivity index is 1.71. The van der Waals surface area contributed by atoms with Crippen LogP contribution in [0.4, 0.5) is 0 Å². The van der Waals surface area contributed by atoms with Gasteiger partial charge in [-0.2, -0.15) is 0 Å². The number of hydrogen-bond acceptors (Lipinski definition) is 8. The Labute approximate surface area is 128 Å². The van der Waals surface area contributed by atoms with E-state index in [1.807, 2.05) is 0 Å². The molecule has 4 rings (SSSR count). The molecule has 2 saturated heterocycles. The van der Waals surface area contributed by atoms with Crippen molar-refractivity contribution in [3.05, 3.63) is 17.8 Å². The monoisotopic (exact) mass is 348 g/mol.